The summed E-state index contributed by atoms with van der Waals surface area (Å²) >= 11 is 0. The number of anilines is 1. The molecule has 0 radical (unpaired) electrons. The van der Waals surface area contributed by atoms with Crippen LogP contribution in [-0.4, -0.2) is 38.4 Å². The van der Waals surface area contributed by atoms with Gasteiger partial charge in [-0.1, -0.05) is 12.1 Å². The predicted molar refractivity (Wildman–Crippen MR) is 128 cm³/mol. The van der Waals surface area contributed by atoms with E-state index >= 15 is 0 Å². The number of nitrogens with zero attached hydrogens (tertiary/aromatic N) is 3. The van der Waals surface area contributed by atoms with E-state index in [9.17, 15) is 24.3 Å². The highest BCUT2D eigenvalue weighted by molar-refractivity contribution is 6.38. The summed E-state index contributed by atoms with van der Waals surface area (Å²) in [5.74, 6) is -3.32. The maximum Gasteiger partial charge on any atom is 0.346 e. The van der Waals surface area contributed by atoms with Gasteiger partial charge in [0.1, 0.15) is 12.1 Å². The van der Waals surface area contributed by atoms with E-state index in [-0.39, 0.29) is 44.5 Å². The van der Waals surface area contributed by atoms with E-state index in [0.717, 1.165) is 15.9 Å². The van der Waals surface area contributed by atoms with Crippen LogP contribution in [0.4, 0.5) is 5.69 Å². The molecule has 4 aromatic carbocycles. The number of imidazole rings is 1. The lowest BCUT2D eigenvalue weighted by molar-refractivity contribution is 0.0390. The lowest BCUT2D eigenvalue weighted by Gasteiger charge is -2.29. The van der Waals surface area contributed by atoms with Crippen LogP contribution in [0.2, 0.25) is 0 Å². The first-order chi connectivity index (χ1) is 17.4. The van der Waals surface area contributed by atoms with Crippen molar-refractivity contribution in [3.63, 3.8) is 0 Å². The molecule has 0 spiro atoms. The summed E-state index contributed by atoms with van der Waals surface area (Å²) in [4.78, 5) is 57.1. The molecule has 0 saturated heterocycles. The summed E-state index contributed by atoms with van der Waals surface area (Å²) in [5, 5.41) is 11.1. The fraction of sp³-hybridized carbons (Fsp3) is 0. The molecule has 2 aliphatic rings. The number of rotatable bonds is 2. The summed E-state index contributed by atoms with van der Waals surface area (Å²) in [6, 6.07) is 17.7. The number of carbonyl (C=O) groups is 4. The Morgan fingerprint density at radius 2 is 1.33 bits per heavy atom. The Labute approximate surface area is 201 Å². The number of benzene rings is 4. The molecule has 7 rings (SSSR count). The maximum absolute atomic E-state index is 13.6. The number of aromatic hydroxyl groups is 1. The molecule has 1 aromatic heterocycles. The largest absolute Gasteiger partial charge is 0.506 e. The molecule has 9 nitrogen and oxygen atoms in total. The second-order valence-corrected chi connectivity index (χ2v) is 8.47. The van der Waals surface area contributed by atoms with Crippen molar-refractivity contribution < 1.29 is 29.0 Å². The summed E-state index contributed by atoms with van der Waals surface area (Å²) in [5.41, 5.74) is 2.63. The van der Waals surface area contributed by atoms with E-state index in [1.165, 1.54) is 36.4 Å². The molecular weight excluding hydrogens is 462 g/mol. The summed E-state index contributed by atoms with van der Waals surface area (Å²) in [6.07, 6.45) is 1.62. The van der Waals surface area contributed by atoms with Gasteiger partial charge < -0.3 is 9.84 Å². The minimum atomic E-state index is -0.837. The number of fused-ring (bicyclic) bond motifs is 1. The van der Waals surface area contributed by atoms with Crippen molar-refractivity contribution >= 4 is 51.2 Å². The van der Waals surface area contributed by atoms with Gasteiger partial charge in [-0.15, -0.1) is 0 Å². The predicted octanol–water partition coefficient (Wildman–Crippen LogP) is 4.00. The second-order valence-electron chi connectivity index (χ2n) is 8.47. The van der Waals surface area contributed by atoms with Crippen LogP contribution in [0.15, 0.2) is 73.1 Å². The lowest BCUT2D eigenvalue weighted by atomic mass is 9.87. The molecule has 9 heteroatoms. The number of phenolic OH excluding ortho intramolecular Hbond substituents is 1. The van der Waals surface area contributed by atoms with Crippen LogP contribution in [0.3, 0.4) is 0 Å². The monoisotopic (exact) mass is 475 g/mol. The molecule has 0 unspecified atom stereocenters. The molecule has 2 amide bonds. The highest BCUT2D eigenvalue weighted by atomic mass is 16.6. The molecule has 0 bridgehead atoms. The molecule has 0 aliphatic carbocycles. The highest BCUT2D eigenvalue weighted by Crippen LogP contribution is 2.40. The number of para-hydroxylation sites is 2. The zero-order valence-corrected chi connectivity index (χ0v) is 18.3. The van der Waals surface area contributed by atoms with Crippen LogP contribution in [0, 0.1) is 0 Å². The third kappa shape index (κ3) is 2.51. The third-order valence-electron chi connectivity index (χ3n) is 6.58. The Morgan fingerprint density at radius 3 is 2.03 bits per heavy atom. The normalized spacial score (nSPS) is 14.6. The Hall–Kier alpha value is -5.31. The highest BCUT2D eigenvalue weighted by Gasteiger charge is 2.39. The van der Waals surface area contributed by atoms with Gasteiger partial charge in [0.15, 0.2) is 0 Å². The Balaban J connectivity index is 1.43. The van der Waals surface area contributed by atoms with Gasteiger partial charge in [-0.25, -0.2) is 19.5 Å². The van der Waals surface area contributed by atoms with Crippen molar-refractivity contribution in [3.05, 3.63) is 95.3 Å². The molecule has 5 aromatic rings. The number of amides is 2. The SMILES string of the molecule is O=C1OC(=O)c2ccc3c4c(ccc1c24)C(=O)N(c1cc(-n2cnc4ccccc42)ccc1O)C3=O. The third-order valence-corrected chi connectivity index (χ3v) is 6.58. The van der Waals surface area contributed by atoms with Crippen LogP contribution in [0.5, 0.6) is 5.75 Å². The van der Waals surface area contributed by atoms with Crippen LogP contribution in [-0.2, 0) is 4.74 Å². The number of carbonyl (C=O) groups excluding carboxylic acids is 4. The van der Waals surface area contributed by atoms with E-state index in [2.05, 4.69) is 4.98 Å². The molecule has 3 heterocycles. The summed E-state index contributed by atoms with van der Waals surface area (Å²) in [6.45, 7) is 0. The first-order valence-corrected chi connectivity index (χ1v) is 10.9. The molecular formula is C27H13N3O6. The molecule has 2 aliphatic heterocycles. The average molecular weight is 475 g/mol. The number of imide groups is 1. The van der Waals surface area contributed by atoms with Gasteiger partial charge in [-0.3, -0.25) is 14.2 Å². The van der Waals surface area contributed by atoms with E-state index < -0.39 is 23.8 Å². The van der Waals surface area contributed by atoms with Gasteiger partial charge in [0.05, 0.1) is 27.8 Å². The van der Waals surface area contributed by atoms with E-state index in [4.69, 9.17) is 4.74 Å². The smallest absolute Gasteiger partial charge is 0.346 e. The average Bonchev–Trinajstić information content (AvgIpc) is 3.31. The van der Waals surface area contributed by atoms with Gasteiger partial charge >= 0.3 is 11.9 Å². The quantitative estimate of drug-likeness (QED) is 0.233. The zero-order chi connectivity index (χ0) is 24.7. The number of hydrogen-bond acceptors (Lipinski definition) is 7. The van der Waals surface area contributed by atoms with E-state index in [0.29, 0.717) is 5.69 Å². The molecule has 0 saturated carbocycles. The van der Waals surface area contributed by atoms with Gasteiger partial charge in [0, 0.05) is 27.6 Å². The molecule has 36 heavy (non-hydrogen) atoms. The van der Waals surface area contributed by atoms with Crippen LogP contribution in [0.25, 0.3) is 27.5 Å². The van der Waals surface area contributed by atoms with Crippen molar-refractivity contribution in [1.82, 2.24) is 9.55 Å². The zero-order valence-electron chi connectivity index (χ0n) is 18.3. The van der Waals surface area contributed by atoms with Crippen molar-refractivity contribution in [3.8, 4) is 11.4 Å². The Morgan fingerprint density at radius 1 is 0.722 bits per heavy atom. The first kappa shape index (κ1) is 20.1. The minimum absolute atomic E-state index is 0.00480. The van der Waals surface area contributed by atoms with Gasteiger partial charge in [0.2, 0.25) is 0 Å². The number of aromatic nitrogens is 2. The number of phenols is 1. The van der Waals surface area contributed by atoms with Crippen molar-refractivity contribution in [2.75, 3.05) is 4.90 Å². The fourth-order valence-corrected chi connectivity index (χ4v) is 4.94. The van der Waals surface area contributed by atoms with Crippen molar-refractivity contribution in [2.45, 2.75) is 0 Å². The van der Waals surface area contributed by atoms with Crippen LogP contribution >= 0.6 is 0 Å². The fourth-order valence-electron chi connectivity index (χ4n) is 4.94. The maximum atomic E-state index is 13.6. The standard InChI is InChI=1S/C27H13N3O6/c31-21-10-5-13(29-12-28-18-3-1-2-4-19(18)29)11-20(21)30-24(32)14-6-8-16-23-17(27(35)36-26(16)34)9-7-15(22(14)23)25(30)33/h1-12,31H. The topological polar surface area (TPSA) is 119 Å². The lowest BCUT2D eigenvalue weighted by Crippen LogP contribution is -2.41. The first-order valence-electron chi connectivity index (χ1n) is 10.9. The number of ether oxygens (including phenoxy) is 1. The van der Waals surface area contributed by atoms with Gasteiger partial charge in [-0.05, 0) is 54.6 Å². The van der Waals surface area contributed by atoms with E-state index in [1.54, 1.807) is 17.0 Å². The minimum Gasteiger partial charge on any atom is -0.506 e. The summed E-state index contributed by atoms with van der Waals surface area (Å²) < 4.78 is 6.56. The van der Waals surface area contributed by atoms with Crippen molar-refractivity contribution in [2.24, 2.45) is 0 Å². The molecule has 1 N–H and O–H groups in total. The molecule has 0 atom stereocenters. The molecule has 0 fully saturated rings. The summed E-state index contributed by atoms with van der Waals surface area (Å²) in [7, 11) is 0. The Kier molecular flexibility index (Phi) is 3.83. The second kappa shape index (κ2) is 6.86. The molecule has 172 valence electrons. The Bertz CT molecular complexity index is 1800. The van der Waals surface area contributed by atoms with E-state index in [1.807, 2.05) is 24.3 Å². The van der Waals surface area contributed by atoms with Gasteiger partial charge in [-0.2, -0.15) is 0 Å². The number of esters is 2. The van der Waals surface area contributed by atoms with Gasteiger partial charge in [0.25, 0.3) is 11.8 Å². The van der Waals surface area contributed by atoms with Crippen LogP contribution in [0.1, 0.15) is 41.4 Å². The number of hydrogen-bond donors (Lipinski definition) is 1. The van der Waals surface area contributed by atoms with Crippen molar-refractivity contribution in [1.29, 1.82) is 0 Å². The number of cyclic esters (lactones) is 2. The van der Waals surface area contributed by atoms with Crippen LogP contribution < -0.4 is 4.90 Å².